The van der Waals surface area contributed by atoms with Crippen molar-refractivity contribution in [2.75, 3.05) is 57.9 Å². The van der Waals surface area contributed by atoms with Gasteiger partial charge in [0.15, 0.2) is 0 Å². The molecule has 0 aliphatic carbocycles. The zero-order valence-corrected chi connectivity index (χ0v) is 23.2. The predicted molar refractivity (Wildman–Crippen MR) is 148 cm³/mol. The first-order valence-electron chi connectivity index (χ1n) is 13.8. The molecule has 1 atom stereocenters. The first-order valence-corrected chi connectivity index (χ1v) is 13.8. The molecule has 11 nitrogen and oxygen atoms in total. The van der Waals surface area contributed by atoms with Gasteiger partial charge >= 0.3 is 0 Å². The number of anilines is 1. The number of nitrogens with zero attached hydrogens (tertiary/aromatic N) is 2. The van der Waals surface area contributed by atoms with Crippen molar-refractivity contribution in [3.05, 3.63) is 52.1 Å². The van der Waals surface area contributed by atoms with Crippen LogP contribution in [0.1, 0.15) is 45.7 Å². The second-order valence-electron chi connectivity index (χ2n) is 10.4. The second-order valence-corrected chi connectivity index (χ2v) is 10.4. The average Bonchev–Trinajstić information content (AvgIpc) is 3.44. The number of aromatic amines is 1. The standard InChI is InChI=1S/C29H34FN5O6/c1-17-24(16-21-20-15-19(30)3-4-22(20)32-27(21)37)31-18(2)26(17)28(38)33-23(29(39)35-9-13-41-14-10-35)5-6-25(36)34-7-11-40-12-8-34/h3-4,15-16,23,31H,5-14H2,1-2H3,(H,32,37)(H,33,38)/b21-16-/t23-/m0/s1. The van der Waals surface area contributed by atoms with Crippen LogP contribution in [0.2, 0.25) is 0 Å². The highest BCUT2D eigenvalue weighted by atomic mass is 19.1. The molecule has 0 radical (unpaired) electrons. The number of hydrogen-bond donors (Lipinski definition) is 3. The van der Waals surface area contributed by atoms with Crippen LogP contribution in [0.25, 0.3) is 11.6 Å². The van der Waals surface area contributed by atoms with Gasteiger partial charge in [0.2, 0.25) is 11.8 Å². The molecule has 1 aromatic heterocycles. The van der Waals surface area contributed by atoms with Crippen LogP contribution in [0, 0.1) is 19.7 Å². The highest BCUT2D eigenvalue weighted by molar-refractivity contribution is 6.35. The lowest BCUT2D eigenvalue weighted by atomic mass is 10.0. The van der Waals surface area contributed by atoms with Crippen molar-refractivity contribution in [2.45, 2.75) is 32.7 Å². The Bertz CT molecular complexity index is 1390. The van der Waals surface area contributed by atoms with Gasteiger partial charge in [-0.2, -0.15) is 0 Å². The maximum Gasteiger partial charge on any atom is 0.256 e. The van der Waals surface area contributed by atoms with Gasteiger partial charge in [-0.3, -0.25) is 19.2 Å². The molecule has 218 valence electrons. The summed E-state index contributed by atoms with van der Waals surface area (Å²) in [6.07, 6.45) is 1.85. The van der Waals surface area contributed by atoms with E-state index in [4.69, 9.17) is 9.47 Å². The van der Waals surface area contributed by atoms with Gasteiger partial charge in [0.1, 0.15) is 11.9 Å². The Labute approximate surface area is 237 Å². The number of rotatable bonds is 7. The molecule has 0 spiro atoms. The van der Waals surface area contributed by atoms with Gasteiger partial charge in [0.05, 0.1) is 37.6 Å². The van der Waals surface area contributed by atoms with Gasteiger partial charge in [0, 0.05) is 55.2 Å². The third-order valence-electron chi connectivity index (χ3n) is 7.69. The van der Waals surface area contributed by atoms with E-state index in [0.29, 0.717) is 86.4 Å². The van der Waals surface area contributed by atoms with Crippen molar-refractivity contribution in [3.63, 3.8) is 0 Å². The smallest absolute Gasteiger partial charge is 0.256 e. The molecular weight excluding hydrogens is 533 g/mol. The van der Waals surface area contributed by atoms with Crippen LogP contribution in [0.3, 0.4) is 0 Å². The molecule has 5 rings (SSSR count). The Hall–Kier alpha value is -4.03. The molecule has 4 amide bonds. The van der Waals surface area contributed by atoms with Gasteiger partial charge in [-0.1, -0.05) is 0 Å². The van der Waals surface area contributed by atoms with E-state index in [-0.39, 0.29) is 36.1 Å². The summed E-state index contributed by atoms with van der Waals surface area (Å²) >= 11 is 0. The highest BCUT2D eigenvalue weighted by Gasteiger charge is 2.31. The molecule has 2 aromatic rings. The Morgan fingerprint density at radius 1 is 1.05 bits per heavy atom. The van der Waals surface area contributed by atoms with E-state index >= 15 is 0 Å². The molecule has 41 heavy (non-hydrogen) atoms. The third kappa shape index (κ3) is 6.18. The molecule has 3 N–H and O–H groups in total. The van der Waals surface area contributed by atoms with E-state index in [1.165, 1.54) is 18.2 Å². The molecule has 0 saturated carbocycles. The average molecular weight is 568 g/mol. The molecule has 2 saturated heterocycles. The minimum atomic E-state index is -0.906. The minimum absolute atomic E-state index is 0.0863. The molecule has 3 aliphatic heterocycles. The fourth-order valence-corrected chi connectivity index (χ4v) is 5.44. The van der Waals surface area contributed by atoms with E-state index < -0.39 is 17.8 Å². The molecule has 12 heteroatoms. The summed E-state index contributed by atoms with van der Waals surface area (Å²) in [6, 6.07) is 3.16. The number of benzene rings is 1. The van der Waals surface area contributed by atoms with E-state index in [9.17, 15) is 23.6 Å². The number of aromatic nitrogens is 1. The minimum Gasteiger partial charge on any atom is -0.378 e. The summed E-state index contributed by atoms with van der Waals surface area (Å²) in [7, 11) is 0. The van der Waals surface area contributed by atoms with Gasteiger partial charge < -0.3 is 34.9 Å². The lowest BCUT2D eigenvalue weighted by Gasteiger charge is -2.31. The molecule has 1 aromatic carbocycles. The van der Waals surface area contributed by atoms with Gasteiger partial charge in [-0.25, -0.2) is 4.39 Å². The second kappa shape index (κ2) is 12.2. The number of carbonyl (C=O) groups is 4. The maximum atomic E-state index is 13.9. The summed E-state index contributed by atoms with van der Waals surface area (Å²) in [5, 5.41) is 5.59. The number of nitrogens with one attached hydrogen (secondary N) is 3. The van der Waals surface area contributed by atoms with Gasteiger partial charge in [-0.15, -0.1) is 0 Å². The van der Waals surface area contributed by atoms with Gasteiger partial charge in [-0.05, 0) is 50.1 Å². The van der Waals surface area contributed by atoms with Crippen LogP contribution in [0.15, 0.2) is 18.2 Å². The SMILES string of the molecule is Cc1[nH]c(/C=C2\C(=O)Nc3ccc(F)cc32)c(C)c1C(=O)N[C@@H](CCC(=O)N1CCOCC1)C(=O)N1CCOCC1. The number of aryl methyl sites for hydroxylation is 1. The summed E-state index contributed by atoms with van der Waals surface area (Å²) in [4.78, 5) is 59.0. The topological polar surface area (TPSA) is 133 Å². The zero-order valence-electron chi connectivity index (χ0n) is 23.2. The van der Waals surface area contributed by atoms with E-state index in [1.807, 2.05) is 0 Å². The van der Waals surface area contributed by atoms with E-state index in [0.717, 1.165) is 0 Å². The van der Waals surface area contributed by atoms with Crippen LogP contribution in [0.5, 0.6) is 0 Å². The van der Waals surface area contributed by atoms with Gasteiger partial charge in [0.25, 0.3) is 11.8 Å². The van der Waals surface area contributed by atoms with Crippen molar-refractivity contribution in [2.24, 2.45) is 0 Å². The Morgan fingerprint density at radius 3 is 2.39 bits per heavy atom. The van der Waals surface area contributed by atoms with Crippen molar-refractivity contribution in [1.29, 1.82) is 0 Å². The van der Waals surface area contributed by atoms with E-state index in [1.54, 1.807) is 29.7 Å². The van der Waals surface area contributed by atoms with E-state index in [2.05, 4.69) is 15.6 Å². The lowest BCUT2D eigenvalue weighted by Crippen LogP contribution is -2.52. The normalized spacial score (nSPS) is 18.7. The number of H-pyrrole nitrogens is 1. The molecule has 4 heterocycles. The molecule has 3 aliphatic rings. The number of morpholine rings is 2. The zero-order chi connectivity index (χ0) is 29.1. The van der Waals surface area contributed by atoms with Crippen molar-refractivity contribution in [3.8, 4) is 0 Å². The first-order chi connectivity index (χ1) is 19.7. The monoisotopic (exact) mass is 567 g/mol. The number of fused-ring (bicyclic) bond motifs is 1. The fourth-order valence-electron chi connectivity index (χ4n) is 5.44. The fraction of sp³-hybridized carbons (Fsp3) is 0.448. The number of hydrogen-bond acceptors (Lipinski definition) is 6. The quantitative estimate of drug-likeness (QED) is 0.438. The third-order valence-corrected chi connectivity index (χ3v) is 7.69. The van der Waals surface area contributed by atoms with Crippen LogP contribution < -0.4 is 10.6 Å². The summed E-state index contributed by atoms with van der Waals surface area (Å²) in [6.45, 7) is 7.07. The molecule has 2 fully saturated rings. The van der Waals surface area contributed by atoms with Crippen LogP contribution >= 0.6 is 0 Å². The number of carbonyl (C=O) groups excluding carboxylic acids is 4. The highest BCUT2D eigenvalue weighted by Crippen LogP contribution is 2.34. The predicted octanol–water partition coefficient (Wildman–Crippen LogP) is 1.86. The Morgan fingerprint density at radius 2 is 1.71 bits per heavy atom. The van der Waals surface area contributed by atoms with Crippen LogP contribution in [-0.4, -0.2) is 97.1 Å². The first kappa shape index (κ1) is 28.5. The number of ether oxygens (including phenoxy) is 2. The summed E-state index contributed by atoms with van der Waals surface area (Å²) < 4.78 is 24.6. The molecular formula is C29H34FN5O6. The van der Waals surface area contributed by atoms with Crippen LogP contribution in [-0.2, 0) is 23.9 Å². The molecule has 0 bridgehead atoms. The summed E-state index contributed by atoms with van der Waals surface area (Å²) in [5.41, 5.74) is 3.21. The largest absolute Gasteiger partial charge is 0.378 e. The number of amides is 4. The van der Waals surface area contributed by atoms with Crippen molar-refractivity contribution < 1.29 is 33.0 Å². The Kier molecular flexibility index (Phi) is 8.50. The van der Waals surface area contributed by atoms with Crippen molar-refractivity contribution in [1.82, 2.24) is 20.1 Å². The Balaban J connectivity index is 1.36. The number of halogens is 1. The summed E-state index contributed by atoms with van der Waals surface area (Å²) in [5.74, 6) is -1.64. The lowest BCUT2D eigenvalue weighted by molar-refractivity contribution is -0.138. The van der Waals surface area contributed by atoms with Crippen molar-refractivity contribution >= 4 is 41.0 Å². The maximum absolute atomic E-state index is 13.9. The molecule has 0 unspecified atom stereocenters. The van der Waals surface area contributed by atoms with Crippen LogP contribution in [0.4, 0.5) is 10.1 Å².